The maximum Gasteiger partial charge on any atom is 0.255 e. The van der Waals surface area contributed by atoms with Crippen LogP contribution in [0.3, 0.4) is 0 Å². The lowest BCUT2D eigenvalue weighted by atomic mass is 10.1. The predicted octanol–water partition coefficient (Wildman–Crippen LogP) is 1.87. The maximum absolute atomic E-state index is 12.7. The number of aromatic nitrogens is 3. The Labute approximate surface area is 165 Å². The van der Waals surface area contributed by atoms with Crippen LogP contribution in [0.25, 0.3) is 0 Å². The first-order valence-electron chi connectivity index (χ1n) is 8.86. The van der Waals surface area contributed by atoms with E-state index in [-0.39, 0.29) is 17.9 Å². The first kappa shape index (κ1) is 18.0. The fourth-order valence-electron chi connectivity index (χ4n) is 3.39. The van der Waals surface area contributed by atoms with Crippen LogP contribution in [0.15, 0.2) is 28.9 Å². The minimum atomic E-state index is -0.0416. The van der Waals surface area contributed by atoms with E-state index in [1.165, 1.54) is 0 Å². The molecule has 2 aromatic rings. The van der Waals surface area contributed by atoms with Gasteiger partial charge in [0.05, 0.1) is 31.5 Å². The molecule has 4 rings (SSSR count). The molecule has 2 saturated heterocycles. The molecule has 0 aliphatic carbocycles. The average molecular weight is 434 g/mol. The Morgan fingerprint density at radius 3 is 2.89 bits per heavy atom. The van der Waals surface area contributed by atoms with Crippen LogP contribution in [0.2, 0.25) is 0 Å². The van der Waals surface area contributed by atoms with Crippen LogP contribution in [-0.4, -0.2) is 63.4 Å². The molecule has 1 aromatic heterocycles. The van der Waals surface area contributed by atoms with Crippen LogP contribution in [0.4, 0.5) is 0 Å². The first-order valence-corrected chi connectivity index (χ1v) is 9.66. The molecule has 0 saturated carbocycles. The van der Waals surface area contributed by atoms with E-state index in [9.17, 15) is 9.59 Å². The first-order chi connectivity index (χ1) is 13.0. The summed E-state index contributed by atoms with van der Waals surface area (Å²) in [7, 11) is 1.58. The van der Waals surface area contributed by atoms with Gasteiger partial charge in [-0.3, -0.25) is 9.59 Å². The summed E-state index contributed by atoms with van der Waals surface area (Å²) in [5.41, 5.74) is 1.37. The number of halogens is 1. The van der Waals surface area contributed by atoms with Gasteiger partial charge in [0.2, 0.25) is 5.91 Å². The van der Waals surface area contributed by atoms with E-state index < -0.39 is 0 Å². The topological polar surface area (TPSA) is 80.6 Å². The number of ether oxygens (including phenoxy) is 1. The number of likely N-dealkylation sites (tertiary alicyclic amines) is 2. The number of carbonyl (C=O) groups is 2. The van der Waals surface area contributed by atoms with E-state index in [0.717, 1.165) is 23.1 Å². The van der Waals surface area contributed by atoms with E-state index in [1.807, 2.05) is 23.2 Å². The molecule has 8 nitrogen and oxygen atoms in total. The van der Waals surface area contributed by atoms with Gasteiger partial charge >= 0.3 is 0 Å². The van der Waals surface area contributed by atoms with Gasteiger partial charge in [0, 0.05) is 30.5 Å². The monoisotopic (exact) mass is 433 g/mol. The van der Waals surface area contributed by atoms with Gasteiger partial charge in [-0.1, -0.05) is 5.21 Å². The lowest BCUT2D eigenvalue weighted by Crippen LogP contribution is -2.51. The largest absolute Gasteiger partial charge is 0.497 e. The summed E-state index contributed by atoms with van der Waals surface area (Å²) in [5.74, 6) is 0.782. The number of hydrogen-bond donors (Lipinski definition) is 0. The molecule has 0 spiro atoms. The molecule has 27 heavy (non-hydrogen) atoms. The third-order valence-corrected chi connectivity index (χ3v) is 5.70. The van der Waals surface area contributed by atoms with Crippen molar-refractivity contribution in [2.24, 2.45) is 0 Å². The molecule has 3 heterocycles. The minimum absolute atomic E-state index is 0.0416. The Balaban J connectivity index is 1.37. The van der Waals surface area contributed by atoms with Crippen molar-refractivity contribution >= 4 is 27.7 Å². The Kier molecular flexibility index (Phi) is 4.86. The van der Waals surface area contributed by atoms with Crippen molar-refractivity contribution in [3.05, 3.63) is 40.1 Å². The fourth-order valence-corrected chi connectivity index (χ4v) is 3.80. The van der Waals surface area contributed by atoms with Gasteiger partial charge in [-0.2, -0.15) is 0 Å². The van der Waals surface area contributed by atoms with Crippen molar-refractivity contribution in [1.29, 1.82) is 0 Å². The number of methoxy groups -OCH3 is 1. The second-order valence-corrected chi connectivity index (χ2v) is 7.67. The van der Waals surface area contributed by atoms with E-state index >= 15 is 0 Å². The Hall–Kier alpha value is -2.42. The normalized spacial score (nSPS) is 17.3. The molecular formula is C18H20BrN5O3. The Bertz CT molecular complexity index is 878. The summed E-state index contributed by atoms with van der Waals surface area (Å²) >= 11 is 3.43. The third-order valence-electron chi connectivity index (χ3n) is 5.01. The van der Waals surface area contributed by atoms with Crippen LogP contribution in [0, 0.1) is 0 Å². The highest BCUT2D eigenvalue weighted by Gasteiger charge is 2.34. The summed E-state index contributed by atoms with van der Waals surface area (Å²) in [6.45, 7) is 2.44. The lowest BCUT2D eigenvalue weighted by Gasteiger charge is -2.39. The molecule has 9 heteroatoms. The van der Waals surface area contributed by atoms with E-state index in [2.05, 4.69) is 26.2 Å². The third kappa shape index (κ3) is 3.55. The summed E-state index contributed by atoms with van der Waals surface area (Å²) < 4.78 is 7.74. The van der Waals surface area contributed by atoms with Crippen LogP contribution < -0.4 is 4.74 Å². The van der Waals surface area contributed by atoms with Gasteiger partial charge in [-0.05, 0) is 40.5 Å². The van der Waals surface area contributed by atoms with Gasteiger partial charge in [-0.15, -0.1) is 5.10 Å². The summed E-state index contributed by atoms with van der Waals surface area (Å²) in [6.07, 6.45) is 3.40. The van der Waals surface area contributed by atoms with Crippen molar-refractivity contribution in [2.75, 3.05) is 26.7 Å². The molecule has 0 unspecified atom stereocenters. The minimum Gasteiger partial charge on any atom is -0.497 e. The summed E-state index contributed by atoms with van der Waals surface area (Å²) in [4.78, 5) is 28.0. The van der Waals surface area contributed by atoms with Crippen molar-refractivity contribution < 1.29 is 14.3 Å². The van der Waals surface area contributed by atoms with Crippen LogP contribution >= 0.6 is 15.9 Å². The molecule has 2 amide bonds. The SMILES string of the molecule is COc1ccc(Br)c(C(=O)N2CC(n3cc(CN4CCCC4=O)nn3)C2)c1. The second kappa shape index (κ2) is 7.30. The van der Waals surface area contributed by atoms with Gasteiger partial charge in [-0.25, -0.2) is 4.68 Å². The molecule has 2 fully saturated rings. The highest BCUT2D eigenvalue weighted by atomic mass is 79.9. The molecular weight excluding hydrogens is 414 g/mol. The second-order valence-electron chi connectivity index (χ2n) is 6.82. The van der Waals surface area contributed by atoms with Crippen LogP contribution in [0.1, 0.15) is 34.9 Å². The highest BCUT2D eigenvalue weighted by molar-refractivity contribution is 9.10. The van der Waals surface area contributed by atoms with Crippen LogP contribution in [-0.2, 0) is 11.3 Å². The van der Waals surface area contributed by atoms with Gasteiger partial charge < -0.3 is 14.5 Å². The number of amides is 2. The van der Waals surface area contributed by atoms with E-state index in [1.54, 1.807) is 22.8 Å². The number of hydrogen-bond acceptors (Lipinski definition) is 5. The summed E-state index contributed by atoms with van der Waals surface area (Å²) in [5, 5.41) is 8.35. The fraction of sp³-hybridized carbons (Fsp3) is 0.444. The molecule has 2 aliphatic heterocycles. The number of rotatable bonds is 5. The lowest BCUT2D eigenvalue weighted by molar-refractivity contribution is -0.128. The van der Waals surface area contributed by atoms with Crippen molar-refractivity contribution in [1.82, 2.24) is 24.8 Å². The van der Waals surface area contributed by atoms with Gasteiger partial charge in [0.1, 0.15) is 11.4 Å². The molecule has 0 atom stereocenters. The zero-order chi connectivity index (χ0) is 19.0. The van der Waals surface area contributed by atoms with Gasteiger partial charge in [0.15, 0.2) is 0 Å². The molecule has 1 aromatic carbocycles. The van der Waals surface area contributed by atoms with Crippen molar-refractivity contribution in [2.45, 2.75) is 25.4 Å². The number of carbonyl (C=O) groups excluding carboxylic acids is 2. The maximum atomic E-state index is 12.7. The molecule has 142 valence electrons. The average Bonchev–Trinajstić information content (AvgIpc) is 3.24. The quantitative estimate of drug-likeness (QED) is 0.718. The number of nitrogens with zero attached hydrogens (tertiary/aromatic N) is 5. The highest BCUT2D eigenvalue weighted by Crippen LogP contribution is 2.28. The van der Waals surface area contributed by atoms with Crippen molar-refractivity contribution in [3.63, 3.8) is 0 Å². The summed E-state index contributed by atoms with van der Waals surface area (Å²) in [6, 6.07) is 5.46. The Morgan fingerprint density at radius 1 is 1.37 bits per heavy atom. The van der Waals surface area contributed by atoms with Crippen LogP contribution in [0.5, 0.6) is 5.75 Å². The van der Waals surface area contributed by atoms with E-state index in [4.69, 9.17) is 4.74 Å². The molecule has 0 bridgehead atoms. The molecule has 0 radical (unpaired) electrons. The zero-order valence-electron chi connectivity index (χ0n) is 15.0. The standard InChI is InChI=1S/C18H20BrN5O3/c1-27-14-4-5-16(19)15(7-14)18(26)23-10-13(11-23)24-9-12(20-21-24)8-22-6-2-3-17(22)25/h4-5,7,9,13H,2-3,6,8,10-11H2,1H3. The van der Waals surface area contributed by atoms with Crippen molar-refractivity contribution in [3.8, 4) is 5.75 Å². The molecule has 2 aliphatic rings. The van der Waals surface area contributed by atoms with Gasteiger partial charge in [0.25, 0.3) is 5.91 Å². The predicted molar refractivity (Wildman–Crippen MR) is 100 cm³/mol. The zero-order valence-corrected chi connectivity index (χ0v) is 16.6. The van der Waals surface area contributed by atoms with E-state index in [0.29, 0.717) is 37.4 Å². The number of benzene rings is 1. The molecule has 0 N–H and O–H groups in total. The Morgan fingerprint density at radius 2 is 2.19 bits per heavy atom. The smallest absolute Gasteiger partial charge is 0.255 e.